The Hall–Kier alpha value is -1.22. The fraction of sp³-hybridized carbons (Fsp3) is 0.450. The molecule has 8 heteroatoms. The number of carbonyl (C=O) groups is 2. The summed E-state index contributed by atoms with van der Waals surface area (Å²) in [6.45, 7) is 6.41. The summed E-state index contributed by atoms with van der Waals surface area (Å²) in [5, 5.41) is 0. The average Bonchev–Trinajstić information content (AvgIpc) is 3.09. The summed E-state index contributed by atoms with van der Waals surface area (Å²) in [6.07, 6.45) is 2.61. The van der Waals surface area contributed by atoms with Crippen molar-refractivity contribution in [1.29, 1.82) is 0 Å². The number of unbranched alkanes of at least 4 members (excludes halogenated alkanes) is 1. The maximum Gasteiger partial charge on any atom is 0.267 e. The van der Waals surface area contributed by atoms with E-state index in [9.17, 15) is 9.59 Å². The minimum atomic E-state index is -0.182. The molecular formula is C20H23BrN2O3S2. The zero-order valence-electron chi connectivity index (χ0n) is 16.0. The summed E-state index contributed by atoms with van der Waals surface area (Å²) in [5.74, 6) is -0.297. The molecule has 1 saturated heterocycles. The normalized spacial score (nSPS) is 19.2. The number of nitrogens with zero attached hydrogens (tertiary/aromatic N) is 2. The van der Waals surface area contributed by atoms with Gasteiger partial charge >= 0.3 is 0 Å². The van der Waals surface area contributed by atoms with Gasteiger partial charge in [0.1, 0.15) is 4.32 Å². The lowest BCUT2D eigenvalue weighted by Gasteiger charge is -2.16. The number of thiocarbonyl (C=S) groups is 1. The molecule has 5 nitrogen and oxygen atoms in total. The van der Waals surface area contributed by atoms with E-state index in [4.69, 9.17) is 17.0 Å². The fourth-order valence-electron chi connectivity index (χ4n) is 3.27. The SMILES string of the molecule is CCCCN1C(=O)C(=C2SC(=S)N(CCCOCC)C2=O)c2cc(Br)ccc21. The van der Waals surface area contributed by atoms with Crippen LogP contribution in [0.3, 0.4) is 0 Å². The van der Waals surface area contributed by atoms with Gasteiger partial charge in [0.2, 0.25) is 0 Å². The average molecular weight is 483 g/mol. The van der Waals surface area contributed by atoms with E-state index in [0.717, 1.165) is 28.6 Å². The highest BCUT2D eigenvalue weighted by Crippen LogP contribution is 2.45. The van der Waals surface area contributed by atoms with Gasteiger partial charge in [0.25, 0.3) is 11.8 Å². The summed E-state index contributed by atoms with van der Waals surface area (Å²) >= 11 is 10.1. The van der Waals surface area contributed by atoms with E-state index < -0.39 is 0 Å². The Morgan fingerprint density at radius 1 is 1.11 bits per heavy atom. The number of hydrogen-bond acceptors (Lipinski definition) is 5. The third kappa shape index (κ3) is 4.20. The van der Waals surface area contributed by atoms with Crippen LogP contribution in [-0.4, -0.2) is 47.3 Å². The van der Waals surface area contributed by atoms with Gasteiger partial charge in [-0.15, -0.1) is 0 Å². The van der Waals surface area contributed by atoms with Gasteiger partial charge in [-0.1, -0.05) is 53.3 Å². The number of anilines is 1. The highest BCUT2D eigenvalue weighted by atomic mass is 79.9. The highest BCUT2D eigenvalue weighted by molar-refractivity contribution is 9.10. The number of benzene rings is 1. The van der Waals surface area contributed by atoms with Crippen molar-refractivity contribution in [1.82, 2.24) is 4.90 Å². The zero-order chi connectivity index (χ0) is 20.3. The molecular weight excluding hydrogens is 460 g/mol. The first kappa shape index (κ1) is 21.5. The Balaban J connectivity index is 1.94. The van der Waals surface area contributed by atoms with Crippen LogP contribution in [0.4, 0.5) is 5.69 Å². The number of carbonyl (C=O) groups excluding carboxylic acids is 2. The molecule has 0 N–H and O–H groups in total. The van der Waals surface area contributed by atoms with Crippen molar-refractivity contribution < 1.29 is 14.3 Å². The first-order chi connectivity index (χ1) is 13.5. The molecule has 1 fully saturated rings. The monoisotopic (exact) mass is 482 g/mol. The standard InChI is InChI=1S/C20H23BrN2O3S2/c1-3-5-9-22-15-8-7-13(21)12-14(15)16(18(22)24)17-19(25)23(20(27)28-17)10-6-11-26-4-2/h7-8,12H,3-6,9-11H2,1-2H3. The quantitative estimate of drug-likeness (QED) is 0.308. The molecule has 2 amide bonds. The Labute approximate surface area is 183 Å². The molecule has 0 spiro atoms. The molecule has 2 heterocycles. The number of thioether (sulfide) groups is 1. The van der Waals surface area contributed by atoms with E-state index in [-0.39, 0.29) is 11.8 Å². The third-order valence-electron chi connectivity index (χ3n) is 4.66. The lowest BCUT2D eigenvalue weighted by atomic mass is 10.1. The Kier molecular flexibility index (Phi) is 7.31. The first-order valence-electron chi connectivity index (χ1n) is 9.47. The zero-order valence-corrected chi connectivity index (χ0v) is 19.2. The number of halogens is 1. The van der Waals surface area contributed by atoms with Gasteiger partial charge < -0.3 is 9.64 Å². The molecule has 28 heavy (non-hydrogen) atoms. The molecule has 0 bridgehead atoms. The topological polar surface area (TPSA) is 49.9 Å². The maximum atomic E-state index is 13.2. The molecule has 0 unspecified atom stereocenters. The number of rotatable bonds is 8. The van der Waals surface area contributed by atoms with Crippen LogP contribution in [0, 0.1) is 0 Å². The Morgan fingerprint density at radius 3 is 2.57 bits per heavy atom. The Morgan fingerprint density at radius 2 is 1.86 bits per heavy atom. The number of fused-ring (bicyclic) bond motifs is 1. The molecule has 0 radical (unpaired) electrons. The van der Waals surface area contributed by atoms with Gasteiger partial charge in [-0.25, -0.2) is 0 Å². The Bertz CT molecular complexity index is 841. The van der Waals surface area contributed by atoms with Crippen LogP contribution in [0.2, 0.25) is 0 Å². The molecule has 0 aromatic heterocycles. The van der Waals surface area contributed by atoms with Gasteiger partial charge in [0.15, 0.2) is 0 Å². The highest BCUT2D eigenvalue weighted by Gasteiger charge is 2.41. The second-order valence-corrected chi connectivity index (χ2v) is 9.11. The number of amides is 2. The summed E-state index contributed by atoms with van der Waals surface area (Å²) in [7, 11) is 0. The van der Waals surface area contributed by atoms with Crippen molar-refractivity contribution in [3.63, 3.8) is 0 Å². The van der Waals surface area contributed by atoms with Gasteiger partial charge in [-0.2, -0.15) is 0 Å². The van der Waals surface area contributed by atoms with E-state index in [2.05, 4.69) is 22.9 Å². The van der Waals surface area contributed by atoms with Crippen LogP contribution in [-0.2, 0) is 14.3 Å². The van der Waals surface area contributed by atoms with E-state index in [1.54, 1.807) is 9.80 Å². The predicted octanol–water partition coefficient (Wildman–Crippen LogP) is 4.59. The summed E-state index contributed by atoms with van der Waals surface area (Å²) in [5.41, 5.74) is 2.13. The van der Waals surface area contributed by atoms with Gasteiger partial charge in [-0.05, 0) is 38.0 Å². The van der Waals surface area contributed by atoms with E-state index in [1.807, 2.05) is 25.1 Å². The minimum Gasteiger partial charge on any atom is -0.382 e. The van der Waals surface area contributed by atoms with Crippen molar-refractivity contribution >= 4 is 67.3 Å². The molecule has 0 saturated carbocycles. The third-order valence-corrected chi connectivity index (χ3v) is 6.61. The van der Waals surface area contributed by atoms with Crippen molar-refractivity contribution in [2.45, 2.75) is 33.1 Å². The number of ether oxygens (including phenoxy) is 1. The molecule has 2 aliphatic rings. The van der Waals surface area contributed by atoms with E-state index >= 15 is 0 Å². The maximum absolute atomic E-state index is 13.2. The largest absolute Gasteiger partial charge is 0.382 e. The van der Waals surface area contributed by atoms with Crippen LogP contribution in [0.5, 0.6) is 0 Å². The van der Waals surface area contributed by atoms with E-state index in [0.29, 0.717) is 47.5 Å². The van der Waals surface area contributed by atoms with Gasteiger partial charge in [0.05, 0.1) is 16.2 Å². The predicted molar refractivity (Wildman–Crippen MR) is 121 cm³/mol. The first-order valence-corrected chi connectivity index (χ1v) is 11.5. The molecule has 0 aliphatic carbocycles. The van der Waals surface area contributed by atoms with Crippen LogP contribution in [0.15, 0.2) is 27.6 Å². The van der Waals surface area contributed by atoms with Gasteiger partial charge in [0, 0.05) is 36.3 Å². The van der Waals surface area contributed by atoms with Crippen LogP contribution in [0.25, 0.3) is 5.57 Å². The summed E-state index contributed by atoms with van der Waals surface area (Å²) in [4.78, 5) is 30.1. The van der Waals surface area contributed by atoms with Crippen molar-refractivity contribution in [3.05, 3.63) is 33.1 Å². The molecule has 150 valence electrons. The van der Waals surface area contributed by atoms with Crippen LogP contribution in [0.1, 0.15) is 38.7 Å². The fourth-order valence-corrected chi connectivity index (χ4v) is 5.01. The lowest BCUT2D eigenvalue weighted by Crippen LogP contribution is -2.31. The molecule has 2 aliphatic heterocycles. The minimum absolute atomic E-state index is 0.114. The van der Waals surface area contributed by atoms with Crippen molar-refractivity contribution in [2.75, 3.05) is 31.2 Å². The van der Waals surface area contributed by atoms with Crippen molar-refractivity contribution in [3.8, 4) is 0 Å². The second-order valence-electron chi connectivity index (χ2n) is 6.55. The molecule has 1 aromatic carbocycles. The summed E-state index contributed by atoms with van der Waals surface area (Å²) in [6, 6.07) is 5.77. The van der Waals surface area contributed by atoms with Crippen molar-refractivity contribution in [2.24, 2.45) is 0 Å². The second kappa shape index (κ2) is 9.52. The summed E-state index contributed by atoms with van der Waals surface area (Å²) < 4.78 is 6.73. The number of hydrogen-bond donors (Lipinski definition) is 0. The molecule has 1 aromatic rings. The lowest BCUT2D eigenvalue weighted by molar-refractivity contribution is -0.122. The van der Waals surface area contributed by atoms with Crippen LogP contribution >= 0.6 is 39.9 Å². The molecule has 3 rings (SSSR count). The van der Waals surface area contributed by atoms with Gasteiger partial charge in [-0.3, -0.25) is 14.5 Å². The molecule has 0 atom stereocenters. The van der Waals surface area contributed by atoms with E-state index in [1.165, 1.54) is 11.8 Å². The van der Waals surface area contributed by atoms with Crippen LogP contribution < -0.4 is 4.90 Å². The smallest absolute Gasteiger partial charge is 0.267 e.